The van der Waals surface area contributed by atoms with Crippen molar-refractivity contribution in [3.8, 4) is 0 Å². The maximum atomic E-state index is 12.3. The molecule has 5 nitrogen and oxygen atoms in total. The highest BCUT2D eigenvalue weighted by atomic mass is 32.2. The van der Waals surface area contributed by atoms with Crippen LogP contribution in [0.25, 0.3) is 0 Å². The van der Waals surface area contributed by atoms with Crippen LogP contribution < -0.4 is 10.0 Å². The van der Waals surface area contributed by atoms with Crippen LogP contribution in [0.4, 0.5) is 11.4 Å². The molecule has 1 spiro atoms. The highest BCUT2D eigenvalue weighted by Crippen LogP contribution is 2.50. The van der Waals surface area contributed by atoms with Crippen molar-refractivity contribution in [2.24, 2.45) is 10.2 Å². The van der Waals surface area contributed by atoms with Crippen molar-refractivity contribution in [1.82, 2.24) is 0 Å². The number of hydrazone groups is 2. The molecule has 0 radical (unpaired) electrons. The van der Waals surface area contributed by atoms with Gasteiger partial charge in [0.25, 0.3) is 0 Å². The molecule has 0 bridgehead atoms. The molecule has 6 heteroatoms. The highest BCUT2D eigenvalue weighted by Gasteiger charge is 2.52. The first-order valence-electron chi connectivity index (χ1n) is 10.3. The molecule has 3 aromatic carbocycles. The van der Waals surface area contributed by atoms with Crippen molar-refractivity contribution < 1.29 is 4.79 Å². The van der Waals surface area contributed by atoms with E-state index in [9.17, 15) is 4.79 Å². The Morgan fingerprint density at radius 1 is 0.806 bits per heavy atom. The smallest absolute Gasteiger partial charge is 0.208 e. The van der Waals surface area contributed by atoms with Crippen LogP contribution in [0.3, 0.4) is 0 Å². The molecular weight excluding hydrogens is 404 g/mol. The van der Waals surface area contributed by atoms with Gasteiger partial charge in [0.15, 0.2) is 10.8 Å². The summed E-state index contributed by atoms with van der Waals surface area (Å²) in [6, 6.07) is 30.4. The van der Waals surface area contributed by atoms with Gasteiger partial charge in [-0.2, -0.15) is 10.2 Å². The summed E-state index contributed by atoms with van der Waals surface area (Å²) in [7, 11) is 0. The molecule has 154 valence electrons. The van der Waals surface area contributed by atoms with Gasteiger partial charge in [0.1, 0.15) is 0 Å². The van der Waals surface area contributed by atoms with Gasteiger partial charge in [-0.15, -0.1) is 0 Å². The number of carbonyl (C=O) groups is 1. The minimum atomic E-state index is -0.651. The first-order chi connectivity index (χ1) is 15.2. The van der Waals surface area contributed by atoms with Crippen LogP contribution in [0, 0.1) is 0 Å². The first kappa shape index (κ1) is 19.6. The number of benzene rings is 3. The summed E-state index contributed by atoms with van der Waals surface area (Å²) in [5.74, 6) is -0.0337. The average molecular weight is 427 g/mol. The largest absolute Gasteiger partial charge is 0.292 e. The van der Waals surface area contributed by atoms with E-state index < -0.39 is 4.99 Å². The number of rotatable bonds is 4. The molecule has 1 unspecified atom stereocenters. The SMILES string of the molecule is CC(=O)C1=NN(c2ccccc2)C2(CCC(c3ccccc3)=NN2c2ccccc2)S1. The molecule has 1 atom stereocenters. The van der Waals surface area contributed by atoms with Crippen molar-refractivity contribution in [3.63, 3.8) is 0 Å². The van der Waals surface area contributed by atoms with Gasteiger partial charge < -0.3 is 0 Å². The Bertz CT molecular complexity index is 1150. The number of nitrogens with zero attached hydrogens (tertiary/aromatic N) is 4. The third-order valence-electron chi connectivity index (χ3n) is 5.43. The van der Waals surface area contributed by atoms with Crippen molar-refractivity contribution in [3.05, 3.63) is 96.6 Å². The molecule has 0 aromatic heterocycles. The van der Waals surface area contributed by atoms with E-state index in [1.54, 1.807) is 6.92 Å². The Kier molecular flexibility index (Phi) is 5.08. The number of hydrogen-bond donors (Lipinski definition) is 0. The third kappa shape index (κ3) is 3.53. The van der Waals surface area contributed by atoms with Crippen molar-refractivity contribution in [2.45, 2.75) is 24.8 Å². The van der Waals surface area contributed by atoms with E-state index in [4.69, 9.17) is 10.2 Å². The number of para-hydroxylation sites is 2. The molecule has 0 fully saturated rings. The number of hydrogen-bond acceptors (Lipinski definition) is 6. The molecule has 5 rings (SSSR count). The Labute approximate surface area is 186 Å². The zero-order chi connectivity index (χ0) is 21.3. The topological polar surface area (TPSA) is 48.3 Å². The normalized spacial score (nSPS) is 20.5. The van der Waals surface area contributed by atoms with E-state index in [1.165, 1.54) is 11.8 Å². The third-order valence-corrected chi connectivity index (χ3v) is 6.87. The van der Waals surface area contributed by atoms with E-state index in [0.717, 1.165) is 35.5 Å². The zero-order valence-electron chi connectivity index (χ0n) is 17.2. The number of carbonyl (C=O) groups excluding carboxylic acids is 1. The summed E-state index contributed by atoms with van der Waals surface area (Å²) in [4.78, 5) is 11.7. The van der Waals surface area contributed by atoms with E-state index in [0.29, 0.717) is 5.04 Å². The molecule has 31 heavy (non-hydrogen) atoms. The van der Waals surface area contributed by atoms with E-state index >= 15 is 0 Å². The van der Waals surface area contributed by atoms with Crippen LogP contribution in [-0.4, -0.2) is 21.5 Å². The predicted molar refractivity (Wildman–Crippen MR) is 128 cm³/mol. The molecule has 0 saturated heterocycles. The quantitative estimate of drug-likeness (QED) is 0.553. The second kappa shape index (κ2) is 8.04. The summed E-state index contributed by atoms with van der Waals surface area (Å²) in [5, 5.41) is 14.4. The standard InChI is InChI=1S/C25H22N4OS/c1-19(30)24-27-29(22-15-9-4-10-16-22)25(31-24)18-17-23(20-11-5-2-6-12-20)26-28(25)21-13-7-3-8-14-21/h2-16H,17-18H2,1H3. The van der Waals surface area contributed by atoms with Gasteiger partial charge in [-0.25, -0.2) is 10.0 Å². The van der Waals surface area contributed by atoms with Gasteiger partial charge in [-0.1, -0.05) is 66.7 Å². The molecule has 0 N–H and O–H groups in total. The first-order valence-corrected chi connectivity index (χ1v) is 11.1. The summed E-state index contributed by atoms with van der Waals surface area (Å²) in [6.45, 7) is 1.57. The molecule has 2 heterocycles. The molecule has 2 aliphatic heterocycles. The Morgan fingerprint density at radius 3 is 1.87 bits per heavy atom. The number of ketones is 1. The van der Waals surface area contributed by atoms with Crippen LogP contribution in [-0.2, 0) is 4.79 Å². The molecule has 2 aliphatic rings. The predicted octanol–water partition coefficient (Wildman–Crippen LogP) is 5.50. The fourth-order valence-electron chi connectivity index (χ4n) is 3.95. The molecule has 0 amide bonds. The fraction of sp³-hybridized carbons (Fsp3) is 0.160. The molecular formula is C25H22N4OS. The maximum absolute atomic E-state index is 12.3. The van der Waals surface area contributed by atoms with E-state index in [1.807, 2.05) is 76.7 Å². The van der Waals surface area contributed by atoms with Gasteiger partial charge in [-0.05, 0) is 48.0 Å². The average Bonchev–Trinajstić information content (AvgIpc) is 3.21. The van der Waals surface area contributed by atoms with E-state index in [-0.39, 0.29) is 5.78 Å². The Balaban J connectivity index is 1.67. The fourth-order valence-corrected chi connectivity index (χ4v) is 5.19. The van der Waals surface area contributed by atoms with E-state index in [2.05, 4.69) is 24.3 Å². The lowest BCUT2D eigenvalue weighted by molar-refractivity contribution is -0.110. The number of thioether (sulfide) groups is 1. The second-order valence-corrected chi connectivity index (χ2v) is 8.76. The summed E-state index contributed by atoms with van der Waals surface area (Å²) < 4.78 is 0. The minimum absolute atomic E-state index is 0.0337. The zero-order valence-corrected chi connectivity index (χ0v) is 18.0. The van der Waals surface area contributed by atoms with Gasteiger partial charge in [0.2, 0.25) is 4.99 Å². The number of Topliss-reactive ketones (excluding diaryl/α,β-unsaturated/α-hetero) is 1. The van der Waals surface area contributed by atoms with Gasteiger partial charge in [0.05, 0.1) is 17.1 Å². The van der Waals surface area contributed by atoms with Gasteiger partial charge in [0, 0.05) is 13.3 Å². The molecule has 0 saturated carbocycles. The summed E-state index contributed by atoms with van der Waals surface area (Å²) in [5.41, 5.74) is 4.04. The lowest BCUT2D eigenvalue weighted by Gasteiger charge is -2.46. The van der Waals surface area contributed by atoms with Crippen LogP contribution in [0.1, 0.15) is 25.3 Å². The van der Waals surface area contributed by atoms with Crippen LogP contribution in [0.2, 0.25) is 0 Å². The van der Waals surface area contributed by atoms with Crippen molar-refractivity contribution in [2.75, 3.05) is 10.0 Å². The summed E-state index contributed by atoms with van der Waals surface area (Å²) in [6.07, 6.45) is 1.54. The lowest BCUT2D eigenvalue weighted by atomic mass is 10.0. The van der Waals surface area contributed by atoms with Crippen LogP contribution in [0.15, 0.2) is 101 Å². The Hall–Kier alpha value is -3.38. The monoisotopic (exact) mass is 426 g/mol. The van der Waals surface area contributed by atoms with Gasteiger partial charge in [-0.3, -0.25) is 4.79 Å². The van der Waals surface area contributed by atoms with Gasteiger partial charge >= 0.3 is 0 Å². The highest BCUT2D eigenvalue weighted by molar-refractivity contribution is 8.17. The number of anilines is 2. The van der Waals surface area contributed by atoms with Crippen molar-refractivity contribution >= 4 is 39.7 Å². The minimum Gasteiger partial charge on any atom is -0.292 e. The molecule has 0 aliphatic carbocycles. The summed E-state index contributed by atoms with van der Waals surface area (Å²) >= 11 is 1.49. The van der Waals surface area contributed by atoms with Crippen molar-refractivity contribution in [1.29, 1.82) is 0 Å². The van der Waals surface area contributed by atoms with Crippen LogP contribution in [0.5, 0.6) is 0 Å². The second-order valence-electron chi connectivity index (χ2n) is 7.51. The Morgan fingerprint density at radius 2 is 1.32 bits per heavy atom. The maximum Gasteiger partial charge on any atom is 0.208 e. The lowest BCUT2D eigenvalue weighted by Crippen LogP contribution is -2.56. The molecule has 3 aromatic rings. The van der Waals surface area contributed by atoms with Crippen LogP contribution >= 0.6 is 11.8 Å².